The number of pyridine rings is 1. The van der Waals surface area contributed by atoms with E-state index < -0.39 is 34.5 Å². The number of allylic oxidation sites excluding steroid dienone is 3. The van der Waals surface area contributed by atoms with Crippen LogP contribution < -0.4 is 5.73 Å². The van der Waals surface area contributed by atoms with Gasteiger partial charge in [0.2, 0.25) is 11.1 Å². The van der Waals surface area contributed by atoms with E-state index >= 15 is 0 Å². The van der Waals surface area contributed by atoms with Gasteiger partial charge in [-0.1, -0.05) is 26.3 Å². The summed E-state index contributed by atoms with van der Waals surface area (Å²) in [4.78, 5) is 35.0. The van der Waals surface area contributed by atoms with Crippen LogP contribution in [0.5, 0.6) is 0 Å². The first-order valence-electron chi connectivity index (χ1n) is 14.4. The molecule has 1 aromatic heterocycles. The number of hydrogen-bond donors (Lipinski definition) is 3. The predicted molar refractivity (Wildman–Crippen MR) is 159 cm³/mol. The van der Waals surface area contributed by atoms with E-state index in [2.05, 4.69) is 18.0 Å². The number of halogens is 1. The fourth-order valence-electron chi connectivity index (χ4n) is 8.99. The number of aliphatic imine (C=N–C) groups is 1. The van der Waals surface area contributed by atoms with Crippen molar-refractivity contribution < 1.29 is 28.6 Å². The zero-order valence-electron chi connectivity index (χ0n) is 24.4. The Bertz CT molecular complexity index is 1370. The number of carbonyl (C=O) groups excluding carboxylic acids is 2. The van der Waals surface area contributed by atoms with Gasteiger partial charge >= 0.3 is 5.97 Å². The number of aliphatic hydroxyl groups is 1. The molecular weight excluding hydrogens is 559 g/mol. The van der Waals surface area contributed by atoms with Gasteiger partial charge in [-0.05, 0) is 97.0 Å². The van der Waals surface area contributed by atoms with Crippen LogP contribution in [0.1, 0.15) is 52.9 Å². The van der Waals surface area contributed by atoms with E-state index in [0.29, 0.717) is 24.2 Å². The summed E-state index contributed by atoms with van der Waals surface area (Å²) in [5.74, 6) is -1.54. The smallest absolute Gasteiger partial charge is 0.333 e. The summed E-state index contributed by atoms with van der Waals surface area (Å²) in [7, 11) is 1.40. The van der Waals surface area contributed by atoms with E-state index in [1.807, 2.05) is 13.8 Å². The molecule has 0 bridgehead atoms. The Balaban J connectivity index is 1.54. The standard InChI is InChI=1S/C31H39FN4O5S/c1-17-9-22-21-7-5-19-10-23(36-20-6-8-25(32)35-14-20)18(13-33)11-29(19,2)27(21)24(37)12-30(22,3)31(17,28(39)42-16-34)41-26(38)15-40-4/h6,8,10,13-14,16-17,21-22,24,27,34,37H,5,7,9,11-12,15,33H2,1-4H3/t17-,21+,22?,24?,27?,29+,30+,31+/m1/s1. The van der Waals surface area contributed by atoms with Gasteiger partial charge in [-0.25, -0.2) is 14.8 Å². The minimum atomic E-state index is -1.49. The molecule has 0 saturated heterocycles. The van der Waals surface area contributed by atoms with E-state index in [0.717, 1.165) is 35.7 Å². The summed E-state index contributed by atoms with van der Waals surface area (Å²) in [6.45, 7) is 5.81. The van der Waals surface area contributed by atoms with Gasteiger partial charge in [0.05, 0.1) is 29.2 Å². The lowest BCUT2D eigenvalue weighted by Crippen LogP contribution is -2.63. The van der Waals surface area contributed by atoms with Gasteiger partial charge in [-0.3, -0.25) is 4.79 Å². The fraction of sp³-hybridized carbons (Fsp3) is 0.581. The number of fused-ring (bicyclic) bond motifs is 5. The first-order valence-corrected chi connectivity index (χ1v) is 15.2. The van der Waals surface area contributed by atoms with E-state index in [1.165, 1.54) is 24.9 Å². The molecule has 3 fully saturated rings. The number of nitrogens with zero attached hydrogens (tertiary/aromatic N) is 2. The molecule has 0 amide bonds. The number of methoxy groups -OCH3 is 1. The lowest BCUT2D eigenvalue weighted by atomic mass is 9.45. The first-order chi connectivity index (χ1) is 19.9. The first kappa shape index (κ1) is 30.6. The Morgan fingerprint density at radius 3 is 2.76 bits per heavy atom. The van der Waals surface area contributed by atoms with Crippen molar-refractivity contribution in [2.45, 2.75) is 64.6 Å². The highest BCUT2D eigenvalue weighted by Gasteiger charge is 2.73. The van der Waals surface area contributed by atoms with Crippen molar-refractivity contribution in [3.8, 4) is 0 Å². The predicted octanol–water partition coefficient (Wildman–Crippen LogP) is 4.72. The van der Waals surface area contributed by atoms with E-state index in [9.17, 15) is 19.1 Å². The summed E-state index contributed by atoms with van der Waals surface area (Å²) in [6, 6.07) is 2.84. The van der Waals surface area contributed by atoms with Crippen molar-refractivity contribution >= 4 is 39.8 Å². The molecule has 8 atom stereocenters. The van der Waals surface area contributed by atoms with Crippen LogP contribution in [-0.2, 0) is 19.1 Å². The van der Waals surface area contributed by atoms with E-state index in [4.69, 9.17) is 25.6 Å². The molecule has 0 radical (unpaired) electrons. The van der Waals surface area contributed by atoms with Crippen LogP contribution in [0.2, 0.25) is 0 Å². The summed E-state index contributed by atoms with van der Waals surface area (Å²) >= 11 is 0.733. The Morgan fingerprint density at radius 2 is 2.12 bits per heavy atom. The van der Waals surface area contributed by atoms with E-state index in [-0.39, 0.29) is 41.8 Å². The quantitative estimate of drug-likeness (QED) is 0.184. The molecule has 11 heteroatoms. The third-order valence-corrected chi connectivity index (χ3v) is 11.2. The second-order valence-corrected chi connectivity index (χ2v) is 13.5. The minimum absolute atomic E-state index is 0.00978. The molecule has 4 aliphatic carbocycles. The van der Waals surface area contributed by atoms with Crippen LogP contribution in [0.15, 0.2) is 46.7 Å². The number of thioether (sulfide) groups is 1. The van der Waals surface area contributed by atoms with Gasteiger partial charge < -0.3 is 25.7 Å². The average Bonchev–Trinajstić information content (AvgIpc) is 3.16. The van der Waals surface area contributed by atoms with Crippen molar-refractivity contribution in [1.29, 1.82) is 5.41 Å². The highest BCUT2D eigenvalue weighted by atomic mass is 32.2. The number of carbonyl (C=O) groups is 2. The van der Waals surface area contributed by atoms with Gasteiger partial charge in [-0.2, -0.15) is 4.39 Å². The molecule has 4 aliphatic rings. The normalized spacial score (nSPS) is 39.2. The van der Waals surface area contributed by atoms with Crippen molar-refractivity contribution in [2.24, 2.45) is 45.2 Å². The van der Waals surface area contributed by atoms with Crippen molar-refractivity contribution in [2.75, 3.05) is 13.7 Å². The highest BCUT2D eigenvalue weighted by molar-refractivity contribution is 8.24. The molecule has 0 aliphatic heterocycles. The lowest BCUT2D eigenvalue weighted by molar-refractivity contribution is -0.203. The number of hydrogen-bond acceptors (Lipinski definition) is 10. The van der Waals surface area contributed by atoms with Crippen molar-refractivity contribution in [1.82, 2.24) is 4.98 Å². The summed E-state index contributed by atoms with van der Waals surface area (Å²) in [5, 5.41) is 19.2. The molecule has 5 rings (SSSR count). The molecule has 3 saturated carbocycles. The van der Waals surface area contributed by atoms with Crippen LogP contribution in [0.4, 0.5) is 10.1 Å². The number of nitrogens with one attached hydrogen (secondary N) is 1. The van der Waals surface area contributed by atoms with Crippen LogP contribution in [0.25, 0.3) is 0 Å². The Morgan fingerprint density at radius 1 is 1.36 bits per heavy atom. The maximum atomic E-state index is 13.8. The average molecular weight is 599 g/mol. The molecule has 226 valence electrons. The number of esters is 1. The Kier molecular flexibility index (Phi) is 8.23. The van der Waals surface area contributed by atoms with Gasteiger partial charge in [-0.15, -0.1) is 0 Å². The highest BCUT2D eigenvalue weighted by Crippen LogP contribution is 2.70. The number of aliphatic hydroxyl groups excluding tert-OH is 1. The number of ether oxygens (including phenoxy) is 2. The lowest BCUT2D eigenvalue weighted by Gasteiger charge is -2.61. The van der Waals surface area contributed by atoms with Gasteiger partial charge in [0.1, 0.15) is 6.61 Å². The Hall–Kier alpha value is -2.89. The van der Waals surface area contributed by atoms with Gasteiger partial charge in [0.25, 0.3) is 0 Å². The summed E-state index contributed by atoms with van der Waals surface area (Å²) in [6.07, 6.45) is 7.33. The second kappa shape index (κ2) is 11.3. The number of rotatable bonds is 6. The third kappa shape index (κ3) is 4.64. The van der Waals surface area contributed by atoms with Crippen LogP contribution in [0, 0.1) is 45.9 Å². The number of aromatic nitrogens is 1. The largest absolute Gasteiger partial charge is 0.447 e. The van der Waals surface area contributed by atoms with Gasteiger partial charge in [0, 0.05) is 18.4 Å². The van der Waals surface area contributed by atoms with Crippen LogP contribution in [-0.4, -0.2) is 57.9 Å². The minimum Gasteiger partial charge on any atom is -0.447 e. The molecule has 1 aromatic rings. The fourth-order valence-corrected chi connectivity index (χ4v) is 9.75. The van der Waals surface area contributed by atoms with Crippen molar-refractivity contribution in [3.63, 3.8) is 0 Å². The molecule has 3 unspecified atom stereocenters. The molecule has 42 heavy (non-hydrogen) atoms. The zero-order valence-corrected chi connectivity index (χ0v) is 25.2. The second-order valence-electron chi connectivity index (χ2n) is 12.6. The SMILES string of the molecule is COCC(=O)O[C@]1(C(=O)SC=N)[C@H](C)CC2[C@@H]3CCC4=CC(=Nc5ccc(F)nc5)C(=CN)C[C@]4(C)C3C(O)C[C@@]21C. The van der Waals surface area contributed by atoms with Gasteiger partial charge in [0.15, 0.2) is 5.60 Å². The monoisotopic (exact) mass is 598 g/mol. The molecule has 9 nitrogen and oxygen atoms in total. The topological polar surface area (TPSA) is 148 Å². The molecule has 0 spiro atoms. The van der Waals surface area contributed by atoms with Crippen LogP contribution >= 0.6 is 11.8 Å². The third-order valence-electron chi connectivity index (χ3n) is 10.6. The molecule has 0 aromatic carbocycles. The zero-order chi connectivity index (χ0) is 30.4. The summed E-state index contributed by atoms with van der Waals surface area (Å²) < 4.78 is 24.5. The van der Waals surface area contributed by atoms with Crippen molar-refractivity contribution in [3.05, 3.63) is 47.7 Å². The molecule has 4 N–H and O–H groups in total. The Labute approximate surface area is 249 Å². The molecule has 1 heterocycles. The van der Waals surface area contributed by atoms with Crippen LogP contribution in [0.3, 0.4) is 0 Å². The maximum absolute atomic E-state index is 13.8. The summed E-state index contributed by atoms with van der Waals surface area (Å²) in [5.41, 5.74) is 7.64. The number of nitrogens with two attached hydrogens (primary N) is 1. The van der Waals surface area contributed by atoms with E-state index in [1.54, 1.807) is 12.3 Å². The maximum Gasteiger partial charge on any atom is 0.333 e. The molecular formula is C31H39FN4O5S.